The van der Waals surface area contributed by atoms with Crippen LogP contribution >= 0.6 is 24.0 Å². The summed E-state index contributed by atoms with van der Waals surface area (Å²) in [5.74, 6) is 0.865. The van der Waals surface area contributed by atoms with Crippen molar-refractivity contribution in [3.05, 3.63) is 16.8 Å². The Labute approximate surface area is 131 Å². The third-order valence-corrected chi connectivity index (χ3v) is 4.25. The minimum Gasteiger partial charge on any atom is -0.365 e. The first kappa shape index (κ1) is 16.6. The van der Waals surface area contributed by atoms with Crippen LogP contribution in [0.25, 0.3) is 0 Å². The molecule has 2 aliphatic rings. The lowest BCUT2D eigenvalue weighted by molar-refractivity contribution is -0.137. The Bertz CT molecular complexity index is 500. The van der Waals surface area contributed by atoms with E-state index in [1.54, 1.807) is 0 Å². The average molecular weight is 343 g/mol. The standard InChI is InChI=1S/C12H14ClF3N4.ClH/c13-10-3-9(12(14,15)16)11(20-19-10)18-8-1-6-4-17-5-7(6)2-8;/h3,6-8,17H,1-2,4-5H2,(H,18,20);1H/t6-,7+,8?;. The summed E-state index contributed by atoms with van der Waals surface area (Å²) < 4.78 is 38.9. The van der Waals surface area contributed by atoms with Gasteiger partial charge in [-0.1, -0.05) is 11.6 Å². The van der Waals surface area contributed by atoms with E-state index in [4.69, 9.17) is 11.6 Å². The van der Waals surface area contributed by atoms with Crippen LogP contribution in [0.2, 0.25) is 5.15 Å². The molecule has 3 rings (SSSR count). The fourth-order valence-electron chi connectivity index (χ4n) is 3.17. The van der Waals surface area contributed by atoms with Crippen molar-refractivity contribution in [1.29, 1.82) is 0 Å². The number of hydrogen-bond donors (Lipinski definition) is 2. The molecule has 0 bridgehead atoms. The summed E-state index contributed by atoms with van der Waals surface area (Å²) in [7, 11) is 0. The number of hydrogen-bond acceptors (Lipinski definition) is 4. The lowest BCUT2D eigenvalue weighted by Crippen LogP contribution is -2.23. The van der Waals surface area contributed by atoms with Crippen molar-refractivity contribution >= 4 is 29.8 Å². The molecule has 21 heavy (non-hydrogen) atoms. The van der Waals surface area contributed by atoms with E-state index in [1.165, 1.54) is 0 Å². The van der Waals surface area contributed by atoms with Crippen LogP contribution in [-0.2, 0) is 6.18 Å². The van der Waals surface area contributed by atoms with E-state index in [9.17, 15) is 13.2 Å². The van der Waals surface area contributed by atoms with Gasteiger partial charge in [0.25, 0.3) is 0 Å². The van der Waals surface area contributed by atoms with E-state index in [0.29, 0.717) is 11.8 Å². The maximum atomic E-state index is 13.0. The molecule has 1 aromatic heterocycles. The molecule has 0 radical (unpaired) electrons. The van der Waals surface area contributed by atoms with E-state index in [-0.39, 0.29) is 29.4 Å². The number of anilines is 1. The fourth-order valence-corrected chi connectivity index (χ4v) is 3.31. The fraction of sp³-hybridized carbons (Fsp3) is 0.667. The summed E-state index contributed by atoms with van der Waals surface area (Å²) in [5.41, 5.74) is -0.854. The Morgan fingerprint density at radius 3 is 2.38 bits per heavy atom. The van der Waals surface area contributed by atoms with Crippen LogP contribution in [0.4, 0.5) is 19.0 Å². The first-order valence-corrected chi connectivity index (χ1v) is 6.89. The van der Waals surface area contributed by atoms with Crippen molar-refractivity contribution < 1.29 is 13.2 Å². The molecule has 9 heteroatoms. The average Bonchev–Trinajstić information content (AvgIpc) is 2.90. The van der Waals surface area contributed by atoms with E-state index in [2.05, 4.69) is 20.8 Å². The zero-order valence-electron chi connectivity index (χ0n) is 11.0. The first-order chi connectivity index (χ1) is 9.43. The van der Waals surface area contributed by atoms with Gasteiger partial charge in [-0.25, -0.2) is 0 Å². The van der Waals surface area contributed by atoms with Gasteiger partial charge in [0.05, 0.1) is 0 Å². The number of nitrogens with one attached hydrogen (secondary N) is 2. The topological polar surface area (TPSA) is 49.8 Å². The lowest BCUT2D eigenvalue weighted by atomic mass is 10.0. The molecule has 1 saturated carbocycles. The molecule has 0 spiro atoms. The Morgan fingerprint density at radius 2 is 1.81 bits per heavy atom. The maximum Gasteiger partial charge on any atom is 0.420 e. The highest BCUT2D eigenvalue weighted by Crippen LogP contribution is 2.39. The summed E-state index contributed by atoms with van der Waals surface area (Å²) in [6, 6.07) is 0.831. The van der Waals surface area contributed by atoms with Gasteiger partial charge in [-0.3, -0.25) is 0 Å². The number of halogens is 5. The summed E-state index contributed by atoms with van der Waals surface area (Å²) in [6.45, 7) is 1.89. The summed E-state index contributed by atoms with van der Waals surface area (Å²) in [6.07, 6.45) is -2.77. The second kappa shape index (κ2) is 6.14. The molecule has 2 N–H and O–H groups in total. The predicted octanol–water partition coefficient (Wildman–Crippen LogP) is 2.98. The predicted molar refractivity (Wildman–Crippen MR) is 75.8 cm³/mol. The Balaban J connectivity index is 0.00000161. The van der Waals surface area contributed by atoms with Crippen molar-refractivity contribution in [2.24, 2.45) is 11.8 Å². The number of fused-ring (bicyclic) bond motifs is 1. The molecule has 2 heterocycles. The van der Waals surface area contributed by atoms with Gasteiger partial charge >= 0.3 is 6.18 Å². The van der Waals surface area contributed by atoms with Crippen LogP contribution in [0.5, 0.6) is 0 Å². The molecule has 1 saturated heterocycles. The molecule has 1 aliphatic heterocycles. The quantitative estimate of drug-likeness (QED) is 0.867. The molecule has 1 aliphatic carbocycles. The van der Waals surface area contributed by atoms with Gasteiger partial charge in [0.1, 0.15) is 5.56 Å². The Hall–Kier alpha value is -0.790. The third-order valence-electron chi connectivity index (χ3n) is 4.06. The third kappa shape index (κ3) is 3.52. The minimum absolute atomic E-state index is 0. The van der Waals surface area contributed by atoms with Crippen molar-refractivity contribution in [1.82, 2.24) is 15.5 Å². The molecule has 1 unspecified atom stereocenters. The highest BCUT2D eigenvalue weighted by atomic mass is 35.5. The number of aromatic nitrogens is 2. The number of alkyl halides is 3. The van der Waals surface area contributed by atoms with Gasteiger partial charge in [-0.05, 0) is 43.8 Å². The van der Waals surface area contributed by atoms with Crippen molar-refractivity contribution in [3.63, 3.8) is 0 Å². The molecule has 3 atom stereocenters. The zero-order valence-corrected chi connectivity index (χ0v) is 12.5. The van der Waals surface area contributed by atoms with Crippen LogP contribution < -0.4 is 10.6 Å². The Morgan fingerprint density at radius 1 is 1.19 bits per heavy atom. The normalized spacial score (nSPS) is 28.1. The second-order valence-corrected chi connectivity index (χ2v) is 5.81. The summed E-state index contributed by atoms with van der Waals surface area (Å²) in [5, 5.41) is 13.0. The largest absolute Gasteiger partial charge is 0.420 e. The van der Waals surface area contributed by atoms with Crippen LogP contribution in [0.1, 0.15) is 18.4 Å². The SMILES string of the molecule is Cl.FC(F)(F)c1cc(Cl)nnc1NC1C[C@H]2CNC[C@H]2C1. The van der Waals surface area contributed by atoms with Crippen molar-refractivity contribution in [3.8, 4) is 0 Å². The van der Waals surface area contributed by atoms with E-state index >= 15 is 0 Å². The van der Waals surface area contributed by atoms with Gasteiger partial charge in [0.15, 0.2) is 11.0 Å². The van der Waals surface area contributed by atoms with Crippen LogP contribution in [0.3, 0.4) is 0 Å². The van der Waals surface area contributed by atoms with Gasteiger partial charge in [-0.15, -0.1) is 22.6 Å². The monoisotopic (exact) mass is 342 g/mol. The molecule has 2 fully saturated rings. The smallest absolute Gasteiger partial charge is 0.365 e. The van der Waals surface area contributed by atoms with Crippen molar-refractivity contribution in [2.45, 2.75) is 25.1 Å². The van der Waals surface area contributed by atoms with Crippen LogP contribution in [0.15, 0.2) is 6.07 Å². The molecule has 118 valence electrons. The first-order valence-electron chi connectivity index (χ1n) is 6.51. The van der Waals surface area contributed by atoms with E-state index in [1.807, 2.05) is 0 Å². The zero-order chi connectivity index (χ0) is 14.3. The van der Waals surface area contributed by atoms with Crippen LogP contribution in [0, 0.1) is 11.8 Å². The Kier molecular flexibility index (Phi) is 4.85. The van der Waals surface area contributed by atoms with Crippen LogP contribution in [-0.4, -0.2) is 29.3 Å². The minimum atomic E-state index is -4.49. The second-order valence-electron chi connectivity index (χ2n) is 5.42. The van der Waals surface area contributed by atoms with Gasteiger partial charge in [0.2, 0.25) is 0 Å². The highest BCUT2D eigenvalue weighted by molar-refractivity contribution is 6.29. The molecular weight excluding hydrogens is 328 g/mol. The van der Waals surface area contributed by atoms with Gasteiger partial charge in [-0.2, -0.15) is 13.2 Å². The molecule has 0 aromatic carbocycles. The molecular formula is C12H15Cl2F3N4. The van der Waals surface area contributed by atoms with Crippen molar-refractivity contribution in [2.75, 3.05) is 18.4 Å². The molecule has 4 nitrogen and oxygen atoms in total. The highest BCUT2D eigenvalue weighted by Gasteiger charge is 2.40. The summed E-state index contributed by atoms with van der Waals surface area (Å²) in [4.78, 5) is 0. The number of nitrogens with zero attached hydrogens (tertiary/aromatic N) is 2. The summed E-state index contributed by atoms with van der Waals surface area (Å²) >= 11 is 5.51. The molecule has 1 aromatic rings. The molecule has 0 amide bonds. The lowest BCUT2D eigenvalue weighted by Gasteiger charge is -2.18. The van der Waals surface area contributed by atoms with Gasteiger partial charge < -0.3 is 10.6 Å². The van der Waals surface area contributed by atoms with Gasteiger partial charge in [0, 0.05) is 6.04 Å². The number of rotatable bonds is 2. The maximum absolute atomic E-state index is 13.0. The van der Waals surface area contributed by atoms with E-state index in [0.717, 1.165) is 32.0 Å². The van der Waals surface area contributed by atoms with E-state index < -0.39 is 11.7 Å².